The first-order valence-electron chi connectivity index (χ1n) is 9.26. The lowest BCUT2D eigenvalue weighted by molar-refractivity contribution is 0.0519. The molecule has 0 fully saturated rings. The molecule has 0 unspecified atom stereocenters. The Balaban J connectivity index is 2.01. The summed E-state index contributed by atoms with van der Waals surface area (Å²) >= 11 is 6.17. The van der Waals surface area contributed by atoms with Crippen molar-refractivity contribution in [1.82, 2.24) is 14.3 Å². The fourth-order valence-corrected chi connectivity index (χ4v) is 3.21. The summed E-state index contributed by atoms with van der Waals surface area (Å²) in [5, 5.41) is 24.2. The highest BCUT2D eigenvalue weighted by Crippen LogP contribution is 2.25. The minimum atomic E-state index is -1.45. The molecule has 162 valence electrons. The van der Waals surface area contributed by atoms with Gasteiger partial charge in [-0.25, -0.2) is 4.79 Å². The molecule has 10 heteroatoms. The van der Waals surface area contributed by atoms with Crippen LogP contribution in [0.3, 0.4) is 0 Å². The molecule has 0 aliphatic heterocycles. The lowest BCUT2D eigenvalue weighted by Crippen LogP contribution is -2.43. The number of aliphatic hydroxyl groups is 2. The summed E-state index contributed by atoms with van der Waals surface area (Å²) in [7, 11) is 1.38. The first-order valence-corrected chi connectivity index (χ1v) is 9.64. The summed E-state index contributed by atoms with van der Waals surface area (Å²) in [5.74, 6) is -0.657. The van der Waals surface area contributed by atoms with Crippen LogP contribution < -0.4 is 11.2 Å². The van der Waals surface area contributed by atoms with E-state index in [1.807, 2.05) is 0 Å². The van der Waals surface area contributed by atoms with Crippen molar-refractivity contribution < 1.29 is 19.7 Å². The smallest absolute Gasteiger partial charge is 0.352 e. The number of Topliss-reactive ketones (excluding diaryl/α,β-unsaturated/α-hetero) is 1. The van der Waals surface area contributed by atoms with Gasteiger partial charge in [-0.05, 0) is 23.8 Å². The number of aliphatic hydroxyl groups excluding tert-OH is 2. The molecule has 3 aromatic rings. The molecule has 1 heterocycles. The van der Waals surface area contributed by atoms with E-state index >= 15 is 0 Å². The van der Waals surface area contributed by atoms with Crippen molar-refractivity contribution in [3.8, 4) is 5.69 Å². The number of rotatable bonds is 8. The van der Waals surface area contributed by atoms with Gasteiger partial charge in [-0.15, -0.1) is 0 Å². The van der Waals surface area contributed by atoms with Gasteiger partial charge in [-0.3, -0.25) is 14.2 Å². The van der Waals surface area contributed by atoms with Gasteiger partial charge in [-0.2, -0.15) is 9.78 Å². The first kappa shape index (κ1) is 22.6. The molecule has 1 aromatic heterocycles. The Bertz CT molecular complexity index is 1190. The Labute approximate surface area is 181 Å². The van der Waals surface area contributed by atoms with E-state index in [0.717, 1.165) is 15.4 Å². The van der Waals surface area contributed by atoms with Gasteiger partial charge in [0, 0.05) is 12.7 Å². The zero-order valence-electron chi connectivity index (χ0n) is 16.5. The van der Waals surface area contributed by atoms with Crippen LogP contribution >= 0.6 is 11.6 Å². The van der Waals surface area contributed by atoms with Crippen LogP contribution in [-0.4, -0.2) is 50.2 Å². The van der Waals surface area contributed by atoms with E-state index < -0.39 is 29.2 Å². The summed E-state index contributed by atoms with van der Waals surface area (Å²) in [6.45, 7) is -0.356. The number of aromatic nitrogens is 3. The highest BCUT2D eigenvalue weighted by molar-refractivity contribution is 6.34. The zero-order chi connectivity index (χ0) is 22.5. The second-order valence-corrected chi connectivity index (χ2v) is 7.15. The monoisotopic (exact) mass is 445 g/mol. The van der Waals surface area contributed by atoms with Crippen molar-refractivity contribution in [1.29, 1.82) is 0 Å². The molecule has 3 rings (SSSR count). The molecule has 0 radical (unpaired) electrons. The third kappa shape index (κ3) is 4.97. The quantitative estimate of drug-likeness (QED) is 0.495. The SMILES string of the molecule is COC[C@H](O)Cn1c(=O)cnn(-c2ccc(Cl)c(C(=O)[C@H](O)c3ccccc3)c2)c1=O. The van der Waals surface area contributed by atoms with E-state index in [9.17, 15) is 24.6 Å². The molecule has 0 saturated carbocycles. The number of hydrogen-bond donors (Lipinski definition) is 2. The second-order valence-electron chi connectivity index (χ2n) is 6.74. The van der Waals surface area contributed by atoms with E-state index in [0.29, 0.717) is 5.56 Å². The summed E-state index contributed by atoms with van der Waals surface area (Å²) in [6, 6.07) is 12.5. The van der Waals surface area contributed by atoms with Crippen LogP contribution in [0.25, 0.3) is 5.69 Å². The van der Waals surface area contributed by atoms with Crippen molar-refractivity contribution >= 4 is 17.4 Å². The third-order valence-corrected chi connectivity index (χ3v) is 4.87. The largest absolute Gasteiger partial charge is 0.389 e. The molecule has 0 bridgehead atoms. The minimum Gasteiger partial charge on any atom is -0.389 e. The second kappa shape index (κ2) is 9.80. The summed E-state index contributed by atoms with van der Waals surface area (Å²) in [6.07, 6.45) is -1.60. The molecule has 0 aliphatic carbocycles. The molecule has 0 spiro atoms. The number of carbonyl (C=O) groups is 1. The molecule has 0 saturated heterocycles. The van der Waals surface area contributed by atoms with E-state index in [1.54, 1.807) is 30.3 Å². The molecule has 31 heavy (non-hydrogen) atoms. The predicted molar refractivity (Wildman–Crippen MR) is 113 cm³/mol. The number of nitrogens with zero attached hydrogens (tertiary/aromatic N) is 3. The number of carbonyl (C=O) groups excluding carboxylic acids is 1. The van der Waals surface area contributed by atoms with Crippen LogP contribution in [0.4, 0.5) is 0 Å². The van der Waals surface area contributed by atoms with Crippen molar-refractivity contribution in [2.45, 2.75) is 18.8 Å². The van der Waals surface area contributed by atoms with Crippen LogP contribution in [0.15, 0.2) is 64.3 Å². The van der Waals surface area contributed by atoms with Gasteiger partial charge in [0.25, 0.3) is 5.56 Å². The van der Waals surface area contributed by atoms with Crippen LogP contribution in [0.2, 0.25) is 5.02 Å². The normalized spacial score (nSPS) is 13.0. The van der Waals surface area contributed by atoms with Crippen LogP contribution in [0.1, 0.15) is 22.0 Å². The van der Waals surface area contributed by atoms with Crippen molar-refractivity contribution in [2.75, 3.05) is 13.7 Å². The van der Waals surface area contributed by atoms with Gasteiger partial charge in [0.15, 0.2) is 5.78 Å². The van der Waals surface area contributed by atoms with Crippen LogP contribution in [0.5, 0.6) is 0 Å². The lowest BCUT2D eigenvalue weighted by Gasteiger charge is -2.14. The van der Waals surface area contributed by atoms with Crippen molar-refractivity contribution in [2.24, 2.45) is 0 Å². The molecular weight excluding hydrogens is 426 g/mol. The fraction of sp³-hybridized carbons (Fsp3) is 0.238. The lowest BCUT2D eigenvalue weighted by atomic mass is 9.99. The Morgan fingerprint density at radius 1 is 1.16 bits per heavy atom. The maximum Gasteiger partial charge on any atom is 0.352 e. The summed E-state index contributed by atoms with van der Waals surface area (Å²) in [5.41, 5.74) is -0.965. The Hall–Kier alpha value is -3.11. The topological polar surface area (TPSA) is 124 Å². The van der Waals surface area contributed by atoms with Gasteiger partial charge in [0.1, 0.15) is 12.3 Å². The average Bonchev–Trinajstić information content (AvgIpc) is 2.77. The van der Waals surface area contributed by atoms with E-state index in [1.165, 1.54) is 25.3 Å². The van der Waals surface area contributed by atoms with E-state index in [-0.39, 0.29) is 29.4 Å². The van der Waals surface area contributed by atoms with Crippen molar-refractivity contribution in [3.05, 3.63) is 91.7 Å². The standard InChI is InChI=1S/C21H20ClN3O6/c1-31-12-15(26)11-24-18(27)10-23-25(21(24)30)14-7-8-17(22)16(9-14)20(29)19(28)13-5-3-2-4-6-13/h2-10,15,19,26,28H,11-12H2,1H3/t15-,19-/m1/s1. The Morgan fingerprint density at radius 3 is 2.55 bits per heavy atom. The molecule has 0 aliphatic rings. The fourth-order valence-electron chi connectivity index (χ4n) is 3.00. The first-order chi connectivity index (χ1) is 14.8. The van der Waals surface area contributed by atoms with Gasteiger partial charge in [-0.1, -0.05) is 41.9 Å². The number of ether oxygens (including phenoxy) is 1. The number of ketones is 1. The molecule has 2 atom stereocenters. The predicted octanol–water partition coefficient (Wildman–Crippen LogP) is 0.971. The van der Waals surface area contributed by atoms with Gasteiger partial charge in [0.05, 0.1) is 30.0 Å². The number of benzene rings is 2. The number of hydrogen-bond acceptors (Lipinski definition) is 7. The highest BCUT2D eigenvalue weighted by Gasteiger charge is 2.22. The van der Waals surface area contributed by atoms with Gasteiger partial charge < -0.3 is 14.9 Å². The molecular formula is C21H20ClN3O6. The number of halogens is 1. The number of methoxy groups -OCH3 is 1. The zero-order valence-corrected chi connectivity index (χ0v) is 17.3. The maximum atomic E-state index is 12.8. The maximum absolute atomic E-state index is 12.8. The van der Waals surface area contributed by atoms with Crippen molar-refractivity contribution in [3.63, 3.8) is 0 Å². The minimum absolute atomic E-state index is 0.0126. The Kier molecular flexibility index (Phi) is 7.13. The van der Waals surface area contributed by atoms with E-state index in [2.05, 4.69) is 5.10 Å². The molecule has 9 nitrogen and oxygen atoms in total. The van der Waals surface area contributed by atoms with Gasteiger partial charge in [0.2, 0.25) is 0 Å². The van der Waals surface area contributed by atoms with Gasteiger partial charge >= 0.3 is 5.69 Å². The average molecular weight is 446 g/mol. The Morgan fingerprint density at radius 2 is 1.87 bits per heavy atom. The van der Waals surface area contributed by atoms with Crippen LogP contribution in [0, 0.1) is 0 Å². The summed E-state index contributed by atoms with van der Waals surface area (Å²) in [4.78, 5) is 37.7. The third-order valence-electron chi connectivity index (χ3n) is 4.54. The molecule has 2 N–H and O–H groups in total. The molecule has 0 amide bonds. The van der Waals surface area contributed by atoms with Crippen LogP contribution in [-0.2, 0) is 11.3 Å². The molecule has 2 aromatic carbocycles. The van der Waals surface area contributed by atoms with E-state index in [4.69, 9.17) is 16.3 Å². The highest BCUT2D eigenvalue weighted by atomic mass is 35.5. The summed E-state index contributed by atoms with van der Waals surface area (Å²) < 4.78 is 6.54.